The van der Waals surface area contributed by atoms with E-state index in [1.165, 1.54) is 4.52 Å². The molecule has 0 fully saturated rings. The summed E-state index contributed by atoms with van der Waals surface area (Å²) in [6, 6.07) is 16.7. The van der Waals surface area contributed by atoms with Crippen LogP contribution in [-0.4, -0.2) is 30.5 Å². The van der Waals surface area contributed by atoms with Crippen molar-refractivity contribution in [1.82, 2.24) is 29.9 Å². The Balaban J connectivity index is 1.61. The smallest absolute Gasteiger partial charge is 0.259 e. The highest BCUT2D eigenvalue weighted by Gasteiger charge is 2.24. The number of nitrogen functional groups attached to an aromatic ring is 1. The number of hydrogen-bond acceptors (Lipinski definition) is 6. The van der Waals surface area contributed by atoms with Crippen molar-refractivity contribution in [1.29, 1.82) is 0 Å². The minimum Gasteiger partial charge on any atom is -0.381 e. The number of rotatable bonds is 4. The number of amides is 1. The first-order valence-electron chi connectivity index (χ1n) is 10.8. The number of benzene rings is 2. The Morgan fingerprint density at radius 3 is 2.71 bits per heavy atom. The third-order valence-corrected chi connectivity index (χ3v) is 5.44. The molecule has 166 valence electrons. The Morgan fingerprint density at radius 2 is 1.91 bits per heavy atom. The normalized spacial score (nSPS) is 11.7. The molecule has 8 nitrogen and oxygen atoms in total. The van der Waals surface area contributed by atoms with Gasteiger partial charge in [0.2, 0.25) is 0 Å². The van der Waals surface area contributed by atoms with Crippen molar-refractivity contribution in [3.63, 3.8) is 0 Å². The maximum Gasteiger partial charge on any atom is 0.259 e. The Kier molecular flexibility index (Phi) is 5.36. The molecule has 3 N–H and O–H groups in total. The molecule has 8 heteroatoms. The quantitative estimate of drug-likeness (QED) is 0.406. The van der Waals surface area contributed by atoms with Gasteiger partial charge in [0, 0.05) is 18.0 Å². The Hall–Kier alpha value is -4.77. The first-order valence-corrected chi connectivity index (χ1v) is 10.8. The fourth-order valence-corrected chi connectivity index (χ4v) is 3.90. The number of nitrogens with one attached hydrogen (secondary N) is 1. The van der Waals surface area contributed by atoms with Gasteiger partial charge in [-0.3, -0.25) is 4.79 Å². The Labute approximate surface area is 195 Å². The van der Waals surface area contributed by atoms with Crippen molar-refractivity contribution < 1.29 is 4.79 Å². The molecule has 0 saturated carbocycles. The van der Waals surface area contributed by atoms with Gasteiger partial charge < -0.3 is 11.1 Å². The molecule has 3 heterocycles. The fraction of sp³-hybridized carbons (Fsp3) is 0.115. The van der Waals surface area contributed by atoms with Crippen LogP contribution in [0.15, 0.2) is 67.0 Å². The maximum atomic E-state index is 13.2. The van der Waals surface area contributed by atoms with Crippen molar-refractivity contribution in [3.8, 4) is 23.1 Å². The molecule has 1 unspecified atom stereocenters. The molecule has 5 aromatic rings. The average molecular weight is 448 g/mol. The van der Waals surface area contributed by atoms with Gasteiger partial charge in [0.05, 0.1) is 28.5 Å². The number of anilines is 1. The third-order valence-electron chi connectivity index (χ3n) is 5.44. The van der Waals surface area contributed by atoms with Gasteiger partial charge in [0.15, 0.2) is 11.5 Å². The van der Waals surface area contributed by atoms with Crippen molar-refractivity contribution in [2.75, 3.05) is 5.73 Å². The van der Waals surface area contributed by atoms with Gasteiger partial charge in [-0.15, -0.1) is 11.0 Å². The largest absolute Gasteiger partial charge is 0.381 e. The van der Waals surface area contributed by atoms with Gasteiger partial charge in [-0.2, -0.15) is 0 Å². The van der Waals surface area contributed by atoms with Crippen LogP contribution in [0, 0.1) is 11.8 Å². The molecule has 0 aliphatic heterocycles. The molecule has 1 amide bonds. The van der Waals surface area contributed by atoms with Gasteiger partial charge >= 0.3 is 0 Å². The lowest BCUT2D eigenvalue weighted by Crippen LogP contribution is -2.28. The Morgan fingerprint density at radius 1 is 1.09 bits per heavy atom. The van der Waals surface area contributed by atoms with Crippen LogP contribution in [0.3, 0.4) is 0 Å². The summed E-state index contributed by atoms with van der Waals surface area (Å²) in [5.41, 5.74) is 11.1. The van der Waals surface area contributed by atoms with E-state index < -0.39 is 6.04 Å². The van der Waals surface area contributed by atoms with Crippen LogP contribution < -0.4 is 11.1 Å². The number of aromatic nitrogens is 5. The van der Waals surface area contributed by atoms with E-state index in [2.05, 4.69) is 27.2 Å². The molecular weight excluding hydrogens is 426 g/mol. The third kappa shape index (κ3) is 3.69. The SMILES string of the molecule is CC#Cc1cccc2nc(C(C)NC(=O)c3c(N)nn4cccnc34)c(-c3ccccc3)nc12. The molecular formula is C26H21N7O. The van der Waals surface area contributed by atoms with Crippen molar-refractivity contribution >= 4 is 28.4 Å². The molecule has 5 rings (SSSR count). The molecule has 0 saturated heterocycles. The van der Waals surface area contributed by atoms with Gasteiger partial charge in [0.1, 0.15) is 11.1 Å². The first kappa shape index (κ1) is 21.1. The molecule has 0 aliphatic rings. The highest BCUT2D eigenvalue weighted by atomic mass is 16.1. The first-order chi connectivity index (χ1) is 16.6. The number of carbonyl (C=O) groups is 1. The summed E-state index contributed by atoms with van der Waals surface area (Å²) in [4.78, 5) is 27.3. The predicted octanol–water partition coefficient (Wildman–Crippen LogP) is 3.78. The number of fused-ring (bicyclic) bond motifs is 2. The van der Waals surface area contributed by atoms with E-state index in [-0.39, 0.29) is 17.3 Å². The maximum absolute atomic E-state index is 13.2. The second kappa shape index (κ2) is 8.64. The second-order valence-corrected chi connectivity index (χ2v) is 7.72. The summed E-state index contributed by atoms with van der Waals surface area (Å²) in [6.07, 6.45) is 3.29. The van der Waals surface area contributed by atoms with E-state index in [0.29, 0.717) is 28.1 Å². The zero-order valence-corrected chi connectivity index (χ0v) is 18.6. The molecule has 0 bridgehead atoms. The van der Waals surface area contributed by atoms with Crippen molar-refractivity contribution in [3.05, 3.63) is 83.8 Å². The summed E-state index contributed by atoms with van der Waals surface area (Å²) in [7, 11) is 0. The van der Waals surface area contributed by atoms with E-state index in [9.17, 15) is 4.79 Å². The van der Waals surface area contributed by atoms with E-state index in [1.54, 1.807) is 25.4 Å². The fourth-order valence-electron chi connectivity index (χ4n) is 3.90. The lowest BCUT2D eigenvalue weighted by molar-refractivity contribution is 0.0941. The zero-order valence-electron chi connectivity index (χ0n) is 18.6. The Bertz CT molecular complexity index is 1600. The summed E-state index contributed by atoms with van der Waals surface area (Å²) < 4.78 is 1.48. The summed E-state index contributed by atoms with van der Waals surface area (Å²) in [5.74, 6) is 5.76. The van der Waals surface area contributed by atoms with E-state index in [4.69, 9.17) is 15.7 Å². The predicted molar refractivity (Wildman–Crippen MR) is 131 cm³/mol. The molecule has 2 aromatic carbocycles. The van der Waals surface area contributed by atoms with Crippen molar-refractivity contribution in [2.45, 2.75) is 19.9 Å². The molecule has 0 spiro atoms. The highest BCUT2D eigenvalue weighted by molar-refractivity contribution is 6.04. The number of nitrogens with two attached hydrogens (primary N) is 1. The zero-order chi connectivity index (χ0) is 23.7. The monoisotopic (exact) mass is 447 g/mol. The topological polar surface area (TPSA) is 111 Å². The lowest BCUT2D eigenvalue weighted by atomic mass is 10.0. The van der Waals surface area contributed by atoms with Gasteiger partial charge in [-0.1, -0.05) is 42.3 Å². The van der Waals surface area contributed by atoms with E-state index in [1.807, 2.05) is 55.5 Å². The van der Waals surface area contributed by atoms with Crippen LogP contribution in [-0.2, 0) is 0 Å². The van der Waals surface area contributed by atoms with Gasteiger partial charge in [-0.25, -0.2) is 19.5 Å². The van der Waals surface area contributed by atoms with Crippen LogP contribution in [0.2, 0.25) is 0 Å². The van der Waals surface area contributed by atoms with Crippen LogP contribution in [0.1, 0.15) is 41.5 Å². The van der Waals surface area contributed by atoms with Crippen LogP contribution >= 0.6 is 0 Å². The molecule has 3 aromatic heterocycles. The molecule has 34 heavy (non-hydrogen) atoms. The number of carbonyl (C=O) groups excluding carboxylic acids is 1. The minimum absolute atomic E-state index is 0.110. The lowest BCUT2D eigenvalue weighted by Gasteiger charge is -2.18. The van der Waals surface area contributed by atoms with Crippen molar-refractivity contribution in [2.24, 2.45) is 0 Å². The second-order valence-electron chi connectivity index (χ2n) is 7.72. The van der Waals surface area contributed by atoms with E-state index >= 15 is 0 Å². The number of nitrogens with zero attached hydrogens (tertiary/aromatic N) is 5. The average Bonchev–Trinajstić information content (AvgIpc) is 3.20. The van der Waals surface area contributed by atoms with Gasteiger partial charge in [-0.05, 0) is 32.0 Å². The minimum atomic E-state index is -0.474. The number of hydrogen-bond donors (Lipinski definition) is 2. The van der Waals surface area contributed by atoms with Gasteiger partial charge in [0.25, 0.3) is 5.91 Å². The standard InChI is InChI=1S/C26H21N7O/c1-3-9-17-12-7-13-19-22(17)31-23(18-10-5-4-6-11-18)21(30-19)16(2)29-26(34)20-24(27)32-33-15-8-14-28-25(20)33/h4-8,10-16H,1-2H3,(H2,27,32)(H,29,34). The number of para-hydroxylation sites is 1. The molecule has 1 atom stereocenters. The van der Waals surface area contributed by atoms with Crippen LogP contribution in [0.4, 0.5) is 5.82 Å². The van der Waals surface area contributed by atoms with Crippen LogP contribution in [0.25, 0.3) is 27.9 Å². The van der Waals surface area contributed by atoms with Crippen LogP contribution in [0.5, 0.6) is 0 Å². The summed E-state index contributed by atoms with van der Waals surface area (Å²) in [6.45, 7) is 3.66. The summed E-state index contributed by atoms with van der Waals surface area (Å²) >= 11 is 0. The molecule has 0 aliphatic carbocycles. The molecule has 0 radical (unpaired) electrons. The highest BCUT2D eigenvalue weighted by Crippen LogP contribution is 2.29. The van der Waals surface area contributed by atoms with E-state index in [0.717, 1.165) is 11.1 Å². The summed E-state index contributed by atoms with van der Waals surface area (Å²) in [5, 5.41) is 7.18.